The summed E-state index contributed by atoms with van der Waals surface area (Å²) in [7, 11) is 0. The number of nitrogens with two attached hydrogens (primary N) is 1. The van der Waals surface area contributed by atoms with Crippen LogP contribution in [0.4, 0.5) is 4.39 Å². The molecule has 0 aliphatic heterocycles. The van der Waals surface area contributed by atoms with Crippen molar-refractivity contribution in [3.05, 3.63) is 35.6 Å². The molecule has 0 bridgehead atoms. The van der Waals surface area contributed by atoms with Gasteiger partial charge in [-0.05, 0) is 24.8 Å². The number of halogens is 1. The molecule has 0 heterocycles. The number of hydrogen-bond acceptors (Lipinski definition) is 2. The third-order valence-electron chi connectivity index (χ3n) is 3.70. The second-order valence-corrected chi connectivity index (χ2v) is 5.67. The summed E-state index contributed by atoms with van der Waals surface area (Å²) in [5.41, 5.74) is 5.41. The fraction of sp³-hybridized carbons (Fsp3) is 0.429. The van der Waals surface area contributed by atoms with Gasteiger partial charge >= 0.3 is 0 Å². The normalized spacial score (nSPS) is 25.5. The van der Waals surface area contributed by atoms with Gasteiger partial charge in [-0.15, -0.1) is 0 Å². The minimum Gasteiger partial charge on any atom is -0.392 e. The Labute approximate surface area is 117 Å². The van der Waals surface area contributed by atoms with Gasteiger partial charge in [-0.25, -0.2) is 4.39 Å². The molecule has 0 aromatic heterocycles. The van der Waals surface area contributed by atoms with E-state index < -0.39 is 5.41 Å². The number of nitrogens with one attached hydrogen (secondary N) is 1. The lowest BCUT2D eigenvalue weighted by molar-refractivity contribution is -0.133. The number of hydrogen-bond donors (Lipinski definition) is 2. The maximum Gasteiger partial charge on any atom is 0.233 e. The number of carbonyl (C=O) groups is 1. The van der Waals surface area contributed by atoms with Crippen molar-refractivity contribution in [1.82, 2.24) is 5.32 Å². The molecule has 0 spiro atoms. The van der Waals surface area contributed by atoms with E-state index in [1.54, 1.807) is 18.2 Å². The molecule has 1 aliphatic carbocycles. The lowest BCUT2D eigenvalue weighted by atomic mass is 9.62. The second-order valence-electron chi connectivity index (χ2n) is 5.23. The summed E-state index contributed by atoms with van der Waals surface area (Å²) in [6, 6.07) is 6.37. The highest BCUT2D eigenvalue weighted by atomic mass is 32.1. The van der Waals surface area contributed by atoms with Crippen LogP contribution in [-0.2, 0) is 11.3 Å². The van der Waals surface area contributed by atoms with Gasteiger partial charge in [0.05, 0.1) is 10.4 Å². The molecule has 3 nitrogen and oxygen atoms in total. The first kappa shape index (κ1) is 13.9. The van der Waals surface area contributed by atoms with Crippen LogP contribution in [0, 0.1) is 17.2 Å². The van der Waals surface area contributed by atoms with Gasteiger partial charge in [0.25, 0.3) is 0 Å². The molecule has 1 saturated carbocycles. The van der Waals surface area contributed by atoms with E-state index in [0.29, 0.717) is 24.3 Å². The zero-order valence-electron chi connectivity index (χ0n) is 10.8. The van der Waals surface area contributed by atoms with Crippen LogP contribution in [0.3, 0.4) is 0 Å². The second kappa shape index (κ2) is 5.25. The monoisotopic (exact) mass is 280 g/mol. The molecule has 0 unspecified atom stereocenters. The van der Waals surface area contributed by atoms with Crippen LogP contribution in [0.25, 0.3) is 0 Å². The standard InChI is InChI=1S/C14H17FN2OS/c1-9-6-14(7-9,12(16)19)13(18)17-8-10-4-2-3-5-11(10)15/h2-5,9H,6-8H2,1H3,(H2,16,19)(H,17,18). The van der Waals surface area contributed by atoms with Crippen molar-refractivity contribution >= 4 is 23.1 Å². The Kier molecular flexibility index (Phi) is 3.85. The number of rotatable bonds is 4. The Hall–Kier alpha value is -1.49. The van der Waals surface area contributed by atoms with E-state index in [9.17, 15) is 9.18 Å². The summed E-state index contributed by atoms with van der Waals surface area (Å²) in [5, 5.41) is 2.74. The van der Waals surface area contributed by atoms with E-state index in [1.165, 1.54) is 6.07 Å². The van der Waals surface area contributed by atoms with Gasteiger partial charge in [0, 0.05) is 12.1 Å². The molecule has 0 saturated heterocycles. The molecule has 3 N–H and O–H groups in total. The van der Waals surface area contributed by atoms with Crippen LogP contribution < -0.4 is 11.1 Å². The van der Waals surface area contributed by atoms with E-state index in [4.69, 9.17) is 18.0 Å². The first-order valence-corrected chi connectivity index (χ1v) is 6.68. The van der Waals surface area contributed by atoms with Gasteiger partial charge in [-0.3, -0.25) is 4.79 Å². The summed E-state index contributed by atoms with van der Waals surface area (Å²) < 4.78 is 13.5. The Morgan fingerprint density at radius 3 is 2.68 bits per heavy atom. The molecule has 1 amide bonds. The minimum absolute atomic E-state index is 0.157. The van der Waals surface area contributed by atoms with Gasteiger partial charge in [0.15, 0.2) is 0 Å². The predicted molar refractivity (Wildman–Crippen MR) is 75.9 cm³/mol. The van der Waals surface area contributed by atoms with Crippen molar-refractivity contribution in [3.8, 4) is 0 Å². The van der Waals surface area contributed by atoms with Gasteiger partial charge in [0.2, 0.25) is 5.91 Å². The fourth-order valence-electron chi connectivity index (χ4n) is 2.61. The number of carbonyl (C=O) groups excluding carboxylic acids is 1. The molecule has 0 atom stereocenters. The molecule has 102 valence electrons. The van der Waals surface area contributed by atoms with Crippen molar-refractivity contribution < 1.29 is 9.18 Å². The van der Waals surface area contributed by atoms with Gasteiger partial charge in [-0.2, -0.15) is 0 Å². The summed E-state index contributed by atoms with van der Waals surface area (Å²) in [6.07, 6.45) is 1.34. The molecule has 5 heteroatoms. The fourth-order valence-corrected chi connectivity index (χ4v) is 2.87. The highest BCUT2D eigenvalue weighted by Gasteiger charge is 2.50. The molecule has 1 fully saturated rings. The van der Waals surface area contributed by atoms with Crippen LogP contribution in [0.1, 0.15) is 25.3 Å². The molecule has 0 radical (unpaired) electrons. The maximum atomic E-state index is 13.5. The quantitative estimate of drug-likeness (QED) is 0.831. The van der Waals surface area contributed by atoms with Gasteiger partial charge in [0.1, 0.15) is 5.82 Å². The zero-order valence-corrected chi connectivity index (χ0v) is 11.6. The lowest BCUT2D eigenvalue weighted by Gasteiger charge is -2.44. The zero-order chi connectivity index (χ0) is 14.0. The molecular weight excluding hydrogens is 263 g/mol. The summed E-state index contributed by atoms with van der Waals surface area (Å²) in [6.45, 7) is 2.21. The van der Waals surface area contributed by atoms with Crippen molar-refractivity contribution in [3.63, 3.8) is 0 Å². The third-order valence-corrected chi connectivity index (χ3v) is 4.09. The number of amides is 1. The van der Waals surface area contributed by atoms with Crippen LogP contribution in [-0.4, -0.2) is 10.9 Å². The summed E-state index contributed by atoms with van der Waals surface area (Å²) >= 11 is 5.01. The summed E-state index contributed by atoms with van der Waals surface area (Å²) in [5.74, 6) is -0.0729. The van der Waals surface area contributed by atoms with Crippen molar-refractivity contribution in [2.45, 2.75) is 26.3 Å². The highest BCUT2D eigenvalue weighted by molar-refractivity contribution is 7.80. The van der Waals surface area contributed by atoms with E-state index >= 15 is 0 Å². The largest absolute Gasteiger partial charge is 0.392 e. The maximum absolute atomic E-state index is 13.5. The van der Waals surface area contributed by atoms with Crippen LogP contribution >= 0.6 is 12.2 Å². The third kappa shape index (κ3) is 2.61. The van der Waals surface area contributed by atoms with Gasteiger partial charge < -0.3 is 11.1 Å². The number of benzene rings is 1. The Morgan fingerprint density at radius 1 is 1.53 bits per heavy atom. The first-order valence-electron chi connectivity index (χ1n) is 6.27. The average molecular weight is 280 g/mol. The van der Waals surface area contributed by atoms with E-state index in [0.717, 1.165) is 0 Å². The van der Waals surface area contributed by atoms with Crippen LogP contribution in [0.15, 0.2) is 24.3 Å². The Morgan fingerprint density at radius 2 is 2.16 bits per heavy atom. The molecular formula is C14H17FN2OS. The van der Waals surface area contributed by atoms with Crippen LogP contribution in [0.2, 0.25) is 0 Å². The molecule has 1 aromatic rings. The Balaban J connectivity index is 2.02. The lowest BCUT2D eigenvalue weighted by Crippen LogP contribution is -2.55. The SMILES string of the molecule is CC1CC(C(=O)NCc2ccccc2F)(C(N)=S)C1. The van der Waals surface area contributed by atoms with Crippen LogP contribution in [0.5, 0.6) is 0 Å². The minimum atomic E-state index is -0.736. The molecule has 1 aliphatic rings. The van der Waals surface area contributed by atoms with Crippen molar-refractivity contribution in [2.24, 2.45) is 17.1 Å². The van der Waals surface area contributed by atoms with Gasteiger partial charge in [-0.1, -0.05) is 37.3 Å². The first-order chi connectivity index (χ1) is 8.95. The topological polar surface area (TPSA) is 55.1 Å². The van der Waals surface area contributed by atoms with Crippen molar-refractivity contribution in [1.29, 1.82) is 0 Å². The van der Waals surface area contributed by atoms with E-state index in [2.05, 4.69) is 12.2 Å². The Bertz CT molecular complexity index is 512. The summed E-state index contributed by atoms with van der Waals surface area (Å²) in [4.78, 5) is 12.5. The van der Waals surface area contributed by atoms with E-state index in [1.807, 2.05) is 0 Å². The van der Waals surface area contributed by atoms with Crippen molar-refractivity contribution in [2.75, 3.05) is 0 Å². The highest BCUT2D eigenvalue weighted by Crippen LogP contribution is 2.45. The number of thiocarbonyl (C=S) groups is 1. The average Bonchev–Trinajstić information content (AvgIpc) is 2.33. The predicted octanol–water partition coefficient (Wildman–Crippen LogP) is 2.14. The van der Waals surface area contributed by atoms with E-state index in [-0.39, 0.29) is 23.3 Å². The molecule has 19 heavy (non-hydrogen) atoms. The smallest absolute Gasteiger partial charge is 0.233 e. The molecule has 2 rings (SSSR count). The molecule has 1 aromatic carbocycles.